The summed E-state index contributed by atoms with van der Waals surface area (Å²) >= 11 is 0. The molecular weight excluding hydrogens is 402 g/mol. The van der Waals surface area contributed by atoms with E-state index in [1.165, 1.54) is 23.9 Å². The van der Waals surface area contributed by atoms with Gasteiger partial charge in [0.05, 0.1) is 5.52 Å². The molecule has 2 N–H and O–H groups in total. The number of fused-ring (bicyclic) bond motifs is 1. The number of aryl methyl sites for hydroxylation is 2. The summed E-state index contributed by atoms with van der Waals surface area (Å²) in [5.74, 6) is -0.0942. The predicted molar refractivity (Wildman–Crippen MR) is 128 cm³/mol. The summed E-state index contributed by atoms with van der Waals surface area (Å²) in [7, 11) is 1.73. The summed E-state index contributed by atoms with van der Waals surface area (Å²) < 4.78 is 7.62. The molecule has 6 heteroatoms. The number of pyridine rings is 1. The molecule has 0 bridgehead atoms. The van der Waals surface area contributed by atoms with Gasteiger partial charge in [-0.25, -0.2) is 9.78 Å². The summed E-state index contributed by atoms with van der Waals surface area (Å²) in [5, 5.41) is 14.2. The van der Waals surface area contributed by atoms with Gasteiger partial charge in [-0.2, -0.15) is 0 Å². The lowest BCUT2D eigenvalue weighted by Gasteiger charge is -2.14. The largest absolute Gasteiger partial charge is 0.478 e. The molecule has 1 aliphatic rings. The minimum absolute atomic E-state index is 0.229. The number of carboxylic acid groups (broad SMARTS) is 1. The van der Waals surface area contributed by atoms with Crippen LogP contribution in [0.5, 0.6) is 0 Å². The van der Waals surface area contributed by atoms with Gasteiger partial charge in [-0.15, -0.1) is 0 Å². The van der Waals surface area contributed by atoms with Gasteiger partial charge in [0.1, 0.15) is 11.4 Å². The Bertz CT molecular complexity index is 1090. The third kappa shape index (κ3) is 5.13. The number of hydrogen-bond donors (Lipinski definition) is 2. The Morgan fingerprint density at radius 3 is 2.81 bits per heavy atom. The molecule has 6 nitrogen and oxygen atoms in total. The molecule has 3 aromatic rings. The highest BCUT2D eigenvalue weighted by atomic mass is 16.5. The van der Waals surface area contributed by atoms with Crippen molar-refractivity contribution >= 4 is 28.4 Å². The van der Waals surface area contributed by atoms with Crippen LogP contribution in [0, 0.1) is 0 Å². The number of aromatic nitrogens is 2. The molecule has 0 radical (unpaired) electrons. The van der Waals surface area contributed by atoms with Gasteiger partial charge in [0, 0.05) is 43.7 Å². The van der Waals surface area contributed by atoms with Crippen molar-refractivity contribution < 1.29 is 14.6 Å². The van der Waals surface area contributed by atoms with E-state index < -0.39 is 5.97 Å². The van der Waals surface area contributed by atoms with Crippen LogP contribution in [0.3, 0.4) is 0 Å². The van der Waals surface area contributed by atoms with Gasteiger partial charge in [-0.1, -0.05) is 19.8 Å². The van der Waals surface area contributed by atoms with Crippen molar-refractivity contribution in [2.75, 3.05) is 19.0 Å². The number of ether oxygens (including phenoxy) is 1. The van der Waals surface area contributed by atoms with Crippen molar-refractivity contribution in [3.05, 3.63) is 53.3 Å². The van der Waals surface area contributed by atoms with E-state index in [-0.39, 0.29) is 5.56 Å². The molecule has 170 valence electrons. The van der Waals surface area contributed by atoms with E-state index in [4.69, 9.17) is 4.74 Å². The lowest BCUT2D eigenvalue weighted by atomic mass is 10.0. The Morgan fingerprint density at radius 2 is 2.09 bits per heavy atom. The van der Waals surface area contributed by atoms with Crippen molar-refractivity contribution in [1.82, 2.24) is 9.55 Å². The van der Waals surface area contributed by atoms with Gasteiger partial charge in [0.15, 0.2) is 0 Å². The molecule has 2 aromatic heterocycles. The number of unbranched alkanes of at least 4 members (excludes halogenated alkanes) is 2. The normalized spacial score (nSPS) is 13.6. The first-order chi connectivity index (χ1) is 15.6. The first-order valence-corrected chi connectivity index (χ1v) is 11.7. The second kappa shape index (κ2) is 10.2. The van der Waals surface area contributed by atoms with Gasteiger partial charge in [-0.05, 0) is 73.4 Å². The van der Waals surface area contributed by atoms with Gasteiger partial charge in [0.2, 0.25) is 0 Å². The molecule has 0 spiro atoms. The lowest BCUT2D eigenvalue weighted by molar-refractivity contribution is 0.0697. The number of nitrogens with one attached hydrogen (secondary N) is 1. The quantitative estimate of drug-likeness (QED) is 0.335. The summed E-state index contributed by atoms with van der Waals surface area (Å²) in [6, 6.07) is 8.15. The summed E-state index contributed by atoms with van der Waals surface area (Å²) in [6.45, 7) is 3.94. The smallest absolute Gasteiger partial charge is 0.339 e. The van der Waals surface area contributed by atoms with E-state index in [1.54, 1.807) is 13.2 Å². The van der Waals surface area contributed by atoms with E-state index in [2.05, 4.69) is 46.2 Å². The monoisotopic (exact) mass is 435 g/mol. The Kier molecular flexibility index (Phi) is 7.10. The third-order valence-electron chi connectivity index (χ3n) is 6.19. The number of carbonyl (C=O) groups is 1. The standard InChI is InChI=1S/C26H33N3O3/c1-3-4-5-11-29-12-10-20-15-22(14-19(24(20)29)7-6-13-32-2)28-25-23(26(30)31)16-21(17-27-25)18-8-9-18/h10,12,14-18H,3-9,11,13H2,1-2H3,(H,27,28)(H,30,31). The Hall–Kier alpha value is -2.86. The zero-order valence-electron chi connectivity index (χ0n) is 19.1. The minimum Gasteiger partial charge on any atom is -0.478 e. The van der Waals surface area contributed by atoms with Crippen LogP contribution in [0.15, 0.2) is 36.7 Å². The highest BCUT2D eigenvalue weighted by Crippen LogP contribution is 2.40. The molecule has 0 saturated heterocycles. The molecule has 2 heterocycles. The molecular formula is C26H33N3O3. The molecule has 1 aliphatic carbocycles. The maximum absolute atomic E-state index is 11.9. The molecule has 32 heavy (non-hydrogen) atoms. The number of carboxylic acids is 1. The van der Waals surface area contributed by atoms with Crippen molar-refractivity contribution in [3.63, 3.8) is 0 Å². The number of rotatable bonds is 12. The van der Waals surface area contributed by atoms with Crippen LogP contribution in [0.25, 0.3) is 10.9 Å². The topological polar surface area (TPSA) is 76.4 Å². The Balaban J connectivity index is 1.66. The Morgan fingerprint density at radius 1 is 1.25 bits per heavy atom. The average Bonchev–Trinajstić information content (AvgIpc) is 3.55. The fourth-order valence-electron chi connectivity index (χ4n) is 4.35. The van der Waals surface area contributed by atoms with Crippen molar-refractivity contribution in [1.29, 1.82) is 0 Å². The van der Waals surface area contributed by atoms with Crippen molar-refractivity contribution in [3.8, 4) is 0 Å². The van der Waals surface area contributed by atoms with Crippen LogP contribution < -0.4 is 5.32 Å². The summed E-state index contributed by atoms with van der Waals surface area (Å²) in [5.41, 5.74) is 4.62. The zero-order valence-corrected chi connectivity index (χ0v) is 19.1. The average molecular weight is 436 g/mol. The maximum Gasteiger partial charge on any atom is 0.339 e. The van der Waals surface area contributed by atoms with Gasteiger partial charge >= 0.3 is 5.97 Å². The number of benzene rings is 1. The van der Waals surface area contributed by atoms with Crippen LogP contribution in [-0.4, -0.2) is 34.3 Å². The number of methoxy groups -OCH3 is 1. The number of anilines is 2. The number of aromatic carboxylic acids is 1. The van der Waals surface area contributed by atoms with Crippen molar-refractivity contribution in [2.45, 2.75) is 64.3 Å². The molecule has 0 amide bonds. The molecule has 1 fully saturated rings. The van der Waals surface area contributed by atoms with Crippen molar-refractivity contribution in [2.24, 2.45) is 0 Å². The third-order valence-corrected chi connectivity index (χ3v) is 6.19. The first-order valence-electron chi connectivity index (χ1n) is 11.7. The Labute approximate surface area is 189 Å². The molecule has 1 saturated carbocycles. The van der Waals surface area contributed by atoms with E-state index in [1.807, 2.05) is 6.20 Å². The first kappa shape index (κ1) is 22.3. The fraction of sp³-hybridized carbons (Fsp3) is 0.462. The molecule has 0 atom stereocenters. The van der Waals surface area contributed by atoms with Gasteiger partial charge in [0.25, 0.3) is 0 Å². The molecule has 4 rings (SSSR count). The SMILES string of the molecule is CCCCCn1ccc2cc(Nc3ncc(C4CC4)cc3C(=O)O)cc(CCCOC)c21. The lowest BCUT2D eigenvalue weighted by Crippen LogP contribution is -2.07. The summed E-state index contributed by atoms with van der Waals surface area (Å²) in [4.78, 5) is 16.4. The highest BCUT2D eigenvalue weighted by Gasteiger charge is 2.26. The van der Waals surface area contributed by atoms with Crippen LogP contribution >= 0.6 is 0 Å². The van der Waals surface area contributed by atoms with E-state index in [9.17, 15) is 9.90 Å². The van der Waals surface area contributed by atoms with Crippen LogP contribution in [0.4, 0.5) is 11.5 Å². The van der Waals surface area contributed by atoms with Crippen LogP contribution in [0.1, 0.15) is 72.9 Å². The highest BCUT2D eigenvalue weighted by molar-refractivity contribution is 5.95. The summed E-state index contributed by atoms with van der Waals surface area (Å²) in [6.07, 6.45) is 11.6. The molecule has 0 aliphatic heterocycles. The number of nitrogens with zero attached hydrogens (tertiary/aromatic N) is 2. The zero-order chi connectivity index (χ0) is 22.5. The second-order valence-corrected chi connectivity index (χ2v) is 8.76. The van der Waals surface area contributed by atoms with E-state index >= 15 is 0 Å². The van der Waals surface area contributed by atoms with E-state index in [0.717, 1.165) is 55.3 Å². The van der Waals surface area contributed by atoms with Crippen LogP contribution in [0.2, 0.25) is 0 Å². The minimum atomic E-state index is -0.953. The fourth-order valence-corrected chi connectivity index (χ4v) is 4.35. The van der Waals surface area contributed by atoms with E-state index in [0.29, 0.717) is 18.3 Å². The molecule has 0 unspecified atom stereocenters. The van der Waals surface area contributed by atoms with Crippen LogP contribution in [-0.2, 0) is 17.7 Å². The number of hydrogen-bond acceptors (Lipinski definition) is 4. The maximum atomic E-state index is 11.9. The van der Waals surface area contributed by atoms with Gasteiger partial charge < -0.3 is 19.7 Å². The van der Waals surface area contributed by atoms with Gasteiger partial charge in [-0.3, -0.25) is 0 Å². The molecule has 1 aromatic carbocycles. The second-order valence-electron chi connectivity index (χ2n) is 8.76. The predicted octanol–water partition coefficient (Wildman–Crippen LogP) is 6.12.